The number of nitrogens with zero attached hydrogens (tertiary/aromatic N) is 7. The van der Waals surface area contributed by atoms with Gasteiger partial charge in [0.2, 0.25) is 18.2 Å². The van der Waals surface area contributed by atoms with Crippen molar-refractivity contribution in [3.63, 3.8) is 0 Å². The molecule has 11 heteroatoms. The normalized spacial score (nSPS) is 21.3. The molecule has 3 aromatic rings. The minimum Gasteiger partial charge on any atom is -0.508 e. The number of rotatable bonds is 5. The van der Waals surface area contributed by atoms with Gasteiger partial charge < -0.3 is 14.9 Å². The van der Waals surface area contributed by atoms with Crippen molar-refractivity contribution in [2.24, 2.45) is 7.05 Å². The Balaban J connectivity index is 1.52. The van der Waals surface area contributed by atoms with Gasteiger partial charge in [-0.3, -0.25) is 19.4 Å². The number of hydrogen-bond donors (Lipinski definition) is 1. The number of phenolic OH excluding ortho intramolecular Hbond substituents is 1. The predicted molar refractivity (Wildman–Crippen MR) is 121 cm³/mol. The maximum absolute atomic E-state index is 13.7. The highest BCUT2D eigenvalue weighted by Gasteiger charge is 2.49. The molecule has 0 saturated carbocycles. The highest BCUT2D eigenvalue weighted by molar-refractivity contribution is 5.91. The van der Waals surface area contributed by atoms with E-state index in [2.05, 4.69) is 10.3 Å². The number of aromatic hydroxyl groups is 1. The summed E-state index contributed by atoms with van der Waals surface area (Å²) in [5.74, 6) is -0.287. The van der Waals surface area contributed by atoms with Crippen LogP contribution in [0.5, 0.6) is 5.75 Å². The molecule has 0 bridgehead atoms. The number of likely N-dealkylation sites (N-methyl/N-ethyl adjacent to an activating group) is 1. The fourth-order valence-corrected chi connectivity index (χ4v) is 4.83. The monoisotopic (exact) mass is 463 g/mol. The first-order valence-electron chi connectivity index (χ1n) is 11.0. The molecule has 2 fully saturated rings. The van der Waals surface area contributed by atoms with E-state index in [0.29, 0.717) is 11.9 Å². The van der Waals surface area contributed by atoms with Crippen LogP contribution in [0, 0.1) is 0 Å². The Morgan fingerprint density at radius 1 is 1.12 bits per heavy atom. The van der Waals surface area contributed by atoms with E-state index in [1.54, 1.807) is 45.9 Å². The van der Waals surface area contributed by atoms with Crippen LogP contribution in [0.25, 0.3) is 11.0 Å². The van der Waals surface area contributed by atoms with E-state index in [9.17, 15) is 19.5 Å². The van der Waals surface area contributed by atoms with Crippen molar-refractivity contribution in [2.45, 2.75) is 25.2 Å². The van der Waals surface area contributed by atoms with Gasteiger partial charge in [-0.1, -0.05) is 29.5 Å². The first kappa shape index (κ1) is 21.8. The van der Waals surface area contributed by atoms with Crippen LogP contribution in [0.15, 0.2) is 42.5 Å². The van der Waals surface area contributed by atoms with Gasteiger partial charge in [-0.2, -0.15) is 0 Å². The Bertz CT molecular complexity index is 1260. The summed E-state index contributed by atoms with van der Waals surface area (Å²) in [5, 5.41) is 21.0. The molecular weight excluding hydrogens is 438 g/mol. The molecule has 2 aliphatic heterocycles. The second-order valence-electron chi connectivity index (χ2n) is 8.69. The predicted octanol–water partition coefficient (Wildman–Crippen LogP) is 0.101. The van der Waals surface area contributed by atoms with Gasteiger partial charge in [-0.15, -0.1) is 5.10 Å². The van der Waals surface area contributed by atoms with Gasteiger partial charge >= 0.3 is 0 Å². The van der Waals surface area contributed by atoms with Crippen LogP contribution in [-0.4, -0.2) is 90.5 Å². The minimum atomic E-state index is -0.784. The third kappa shape index (κ3) is 3.63. The van der Waals surface area contributed by atoms with Gasteiger partial charge in [0, 0.05) is 32.6 Å². The molecule has 2 aliphatic rings. The largest absolute Gasteiger partial charge is 0.508 e. The van der Waals surface area contributed by atoms with E-state index in [0.717, 1.165) is 16.6 Å². The summed E-state index contributed by atoms with van der Waals surface area (Å²) >= 11 is 0. The summed E-state index contributed by atoms with van der Waals surface area (Å²) < 4.78 is 1.68. The average Bonchev–Trinajstić information content (AvgIpc) is 3.20. The van der Waals surface area contributed by atoms with Crippen LogP contribution in [0.2, 0.25) is 0 Å². The fraction of sp³-hybridized carbons (Fsp3) is 0.348. The Labute approximate surface area is 195 Å². The van der Waals surface area contributed by atoms with Gasteiger partial charge in [0.25, 0.3) is 0 Å². The fourth-order valence-electron chi connectivity index (χ4n) is 4.83. The molecule has 2 saturated heterocycles. The van der Waals surface area contributed by atoms with Gasteiger partial charge in [0.15, 0.2) is 0 Å². The highest BCUT2D eigenvalue weighted by atomic mass is 16.3. The molecule has 1 aromatic heterocycles. The van der Waals surface area contributed by atoms with Crippen LogP contribution < -0.4 is 0 Å². The molecule has 0 aliphatic carbocycles. The van der Waals surface area contributed by atoms with Crippen LogP contribution >= 0.6 is 0 Å². The van der Waals surface area contributed by atoms with Gasteiger partial charge in [0.05, 0.1) is 18.6 Å². The number of aryl methyl sites for hydroxylation is 1. The number of piperazine rings is 1. The van der Waals surface area contributed by atoms with Crippen molar-refractivity contribution in [3.8, 4) is 5.75 Å². The lowest BCUT2D eigenvalue weighted by Gasteiger charge is -2.53. The molecule has 1 N–H and O–H groups in total. The second-order valence-corrected chi connectivity index (χ2v) is 8.69. The zero-order chi connectivity index (χ0) is 24.0. The Kier molecular flexibility index (Phi) is 5.40. The van der Waals surface area contributed by atoms with Crippen molar-refractivity contribution in [2.75, 3.05) is 20.1 Å². The quantitative estimate of drug-likeness (QED) is 0.534. The third-order valence-corrected chi connectivity index (χ3v) is 6.55. The molecule has 3 heterocycles. The molecule has 176 valence electrons. The Morgan fingerprint density at radius 2 is 1.88 bits per heavy atom. The highest BCUT2D eigenvalue weighted by Crippen LogP contribution is 2.29. The topological polar surface area (TPSA) is 115 Å². The Hall–Kier alpha value is -3.99. The summed E-state index contributed by atoms with van der Waals surface area (Å²) in [6, 6.07) is 11.5. The number of amides is 3. The molecule has 11 nitrogen and oxygen atoms in total. The maximum Gasteiger partial charge on any atom is 0.246 e. The average molecular weight is 463 g/mol. The van der Waals surface area contributed by atoms with Crippen molar-refractivity contribution in [1.82, 2.24) is 34.8 Å². The number of phenols is 1. The zero-order valence-corrected chi connectivity index (χ0v) is 18.9. The number of aromatic nitrogens is 3. The van der Waals surface area contributed by atoms with Gasteiger partial charge in [-0.05, 0) is 23.8 Å². The van der Waals surface area contributed by atoms with Crippen LogP contribution in [-0.2, 0) is 34.4 Å². The molecule has 2 atom stereocenters. The lowest BCUT2D eigenvalue weighted by molar-refractivity contribution is -0.196. The third-order valence-electron chi connectivity index (χ3n) is 6.55. The van der Waals surface area contributed by atoms with E-state index in [-0.39, 0.29) is 43.6 Å². The van der Waals surface area contributed by atoms with Crippen molar-refractivity contribution in [3.05, 3.63) is 53.6 Å². The molecule has 34 heavy (non-hydrogen) atoms. The van der Waals surface area contributed by atoms with Crippen LogP contribution in [0.3, 0.4) is 0 Å². The maximum atomic E-state index is 13.7. The number of fused-ring (bicyclic) bond motifs is 2. The summed E-state index contributed by atoms with van der Waals surface area (Å²) in [4.78, 5) is 42.0. The molecular formula is C23H25N7O4. The summed E-state index contributed by atoms with van der Waals surface area (Å²) in [6.45, 7) is 0.458. The smallest absolute Gasteiger partial charge is 0.246 e. The van der Waals surface area contributed by atoms with Crippen LogP contribution in [0.1, 0.15) is 11.1 Å². The molecule has 0 radical (unpaired) electrons. The molecule has 3 amide bonds. The standard InChI is InChI=1S/C23H25N7O4/c1-26-13-21(33)30-19(10-15-6-8-17(32)9-7-15)23(34)28(12-20(30)29(26)14-31)11-16-4-3-5-18-22(16)24-25-27(18)2/h3-9,14,19-20,32H,10-13H2,1-2H3/t19-,20?/m0/s1. The molecule has 5 rings (SSSR count). The van der Waals surface area contributed by atoms with Crippen molar-refractivity contribution >= 4 is 29.3 Å². The zero-order valence-electron chi connectivity index (χ0n) is 18.9. The molecule has 0 spiro atoms. The van der Waals surface area contributed by atoms with E-state index < -0.39 is 12.2 Å². The second kappa shape index (κ2) is 8.41. The summed E-state index contributed by atoms with van der Waals surface area (Å²) in [5.41, 5.74) is 3.20. The minimum absolute atomic E-state index is 0.00745. The lowest BCUT2D eigenvalue weighted by atomic mass is 9.98. The van der Waals surface area contributed by atoms with E-state index in [4.69, 9.17) is 0 Å². The first-order valence-corrected chi connectivity index (χ1v) is 11.0. The van der Waals surface area contributed by atoms with Crippen molar-refractivity contribution < 1.29 is 19.5 Å². The number of hydrazine groups is 1. The van der Waals surface area contributed by atoms with Gasteiger partial charge in [0.1, 0.15) is 23.5 Å². The molecule has 1 unspecified atom stereocenters. The number of hydrogen-bond acceptors (Lipinski definition) is 7. The van der Waals surface area contributed by atoms with E-state index >= 15 is 0 Å². The Morgan fingerprint density at radius 3 is 2.62 bits per heavy atom. The van der Waals surface area contributed by atoms with Gasteiger partial charge in [-0.25, -0.2) is 9.69 Å². The number of carbonyl (C=O) groups is 3. The first-order chi connectivity index (χ1) is 16.4. The SMILES string of the molecule is CN1CC(=O)N2C(CN(Cc3cccc4c3nnn4C)C(=O)[C@@H]2Cc2ccc(O)cc2)N1C=O. The van der Waals surface area contributed by atoms with Crippen molar-refractivity contribution in [1.29, 1.82) is 0 Å². The number of benzene rings is 2. The molecule has 2 aromatic carbocycles. The summed E-state index contributed by atoms with van der Waals surface area (Å²) in [7, 11) is 3.49. The lowest BCUT2D eigenvalue weighted by Crippen LogP contribution is -2.74. The summed E-state index contributed by atoms with van der Waals surface area (Å²) in [6.07, 6.45) is 0.340. The number of carbonyl (C=O) groups excluding carboxylic acids is 3. The van der Waals surface area contributed by atoms with Crippen LogP contribution in [0.4, 0.5) is 0 Å². The van der Waals surface area contributed by atoms with E-state index in [1.807, 2.05) is 25.2 Å². The van der Waals surface area contributed by atoms with E-state index in [1.165, 1.54) is 9.91 Å².